The maximum absolute atomic E-state index is 13.6. The Kier molecular flexibility index (Phi) is 6.70. The number of allylic oxidation sites excluding steroid dienone is 1. The van der Waals surface area contributed by atoms with E-state index in [4.69, 9.17) is 4.74 Å². The Hall–Kier alpha value is -3.08. The third kappa shape index (κ3) is 5.16. The van der Waals surface area contributed by atoms with Crippen LogP contribution in [0.5, 0.6) is 5.75 Å². The van der Waals surface area contributed by atoms with Crippen LogP contribution in [0.25, 0.3) is 5.57 Å². The van der Waals surface area contributed by atoms with Crippen molar-refractivity contribution in [1.82, 2.24) is 9.91 Å². The maximum Gasteiger partial charge on any atom is 0.344 e. The average Bonchev–Trinajstić information content (AvgIpc) is 3.01. The van der Waals surface area contributed by atoms with Gasteiger partial charge in [-0.2, -0.15) is 10.1 Å². The minimum atomic E-state index is -0.0205. The third-order valence-electron chi connectivity index (χ3n) is 6.16. The predicted octanol–water partition coefficient (Wildman–Crippen LogP) is 5.73. The molecule has 31 heavy (non-hydrogen) atoms. The summed E-state index contributed by atoms with van der Waals surface area (Å²) in [4.78, 5) is 15.6. The van der Waals surface area contributed by atoms with Crippen molar-refractivity contribution in [3.8, 4) is 5.75 Å². The highest BCUT2D eigenvalue weighted by molar-refractivity contribution is 5.88. The number of urea groups is 1. The summed E-state index contributed by atoms with van der Waals surface area (Å²) in [6.45, 7) is 2.79. The quantitative estimate of drug-likeness (QED) is 0.638. The highest BCUT2D eigenvalue weighted by Gasteiger charge is 2.30. The van der Waals surface area contributed by atoms with Crippen molar-refractivity contribution in [2.75, 3.05) is 13.7 Å². The topological polar surface area (TPSA) is 45.1 Å². The minimum Gasteiger partial charge on any atom is -0.497 e. The molecule has 0 radical (unpaired) electrons. The van der Waals surface area contributed by atoms with Crippen LogP contribution in [-0.2, 0) is 6.42 Å². The molecule has 2 aromatic rings. The van der Waals surface area contributed by atoms with Gasteiger partial charge in [0.25, 0.3) is 0 Å². The molecule has 5 heteroatoms. The zero-order valence-electron chi connectivity index (χ0n) is 18.5. The fourth-order valence-electron chi connectivity index (χ4n) is 4.39. The van der Waals surface area contributed by atoms with Crippen molar-refractivity contribution in [2.24, 2.45) is 5.10 Å². The van der Waals surface area contributed by atoms with E-state index in [9.17, 15) is 4.79 Å². The largest absolute Gasteiger partial charge is 0.497 e. The number of hydrazone groups is 1. The zero-order chi connectivity index (χ0) is 21.6. The van der Waals surface area contributed by atoms with Crippen LogP contribution in [0.3, 0.4) is 0 Å². The molecule has 2 aromatic carbocycles. The van der Waals surface area contributed by atoms with Gasteiger partial charge in [-0.15, -0.1) is 0 Å². The number of benzene rings is 2. The zero-order valence-corrected chi connectivity index (χ0v) is 18.5. The number of ether oxygens (including phenoxy) is 1. The van der Waals surface area contributed by atoms with Gasteiger partial charge in [0.2, 0.25) is 0 Å². The van der Waals surface area contributed by atoms with Gasteiger partial charge >= 0.3 is 6.03 Å². The minimum absolute atomic E-state index is 0.0205. The molecule has 0 aromatic heterocycles. The van der Waals surface area contributed by atoms with Crippen LogP contribution in [0.1, 0.15) is 50.2 Å². The first-order chi connectivity index (χ1) is 15.1. The van der Waals surface area contributed by atoms with Gasteiger partial charge in [-0.3, -0.25) is 0 Å². The molecule has 2 amide bonds. The number of likely N-dealkylation sites (tertiary alicyclic amines) is 1. The van der Waals surface area contributed by atoms with Gasteiger partial charge < -0.3 is 9.64 Å². The van der Waals surface area contributed by atoms with Crippen LogP contribution in [0, 0.1) is 0 Å². The smallest absolute Gasteiger partial charge is 0.344 e. The van der Waals surface area contributed by atoms with E-state index in [1.54, 1.807) is 12.1 Å². The summed E-state index contributed by atoms with van der Waals surface area (Å²) in [5, 5.41) is 6.23. The van der Waals surface area contributed by atoms with Gasteiger partial charge in [0.1, 0.15) is 5.75 Å². The summed E-state index contributed by atoms with van der Waals surface area (Å²) in [6.07, 6.45) is 7.76. The first kappa shape index (κ1) is 21.2. The lowest BCUT2D eigenvalue weighted by Crippen LogP contribution is -2.48. The van der Waals surface area contributed by atoms with Crippen molar-refractivity contribution in [1.29, 1.82) is 0 Å². The lowest BCUT2D eigenvalue weighted by Gasteiger charge is -2.37. The Morgan fingerprint density at radius 2 is 1.84 bits per heavy atom. The summed E-state index contributed by atoms with van der Waals surface area (Å²) >= 11 is 0. The number of methoxy groups -OCH3 is 1. The van der Waals surface area contributed by atoms with E-state index in [1.165, 1.54) is 5.56 Å². The molecule has 2 aliphatic heterocycles. The number of hydrogen-bond donors (Lipinski definition) is 0. The second-order valence-electron chi connectivity index (χ2n) is 8.38. The molecular weight excluding hydrogens is 386 g/mol. The first-order valence-corrected chi connectivity index (χ1v) is 11.2. The second-order valence-corrected chi connectivity index (χ2v) is 8.38. The summed E-state index contributed by atoms with van der Waals surface area (Å²) in [5.41, 5.74) is 4.47. The molecule has 0 N–H and O–H groups in total. The van der Waals surface area contributed by atoms with Crippen molar-refractivity contribution in [2.45, 2.75) is 51.5 Å². The molecular formula is C26H31N3O2. The number of rotatable bonds is 4. The van der Waals surface area contributed by atoms with Crippen LogP contribution in [0.15, 0.2) is 65.9 Å². The number of carbonyl (C=O) groups excluding carboxylic acids is 1. The van der Waals surface area contributed by atoms with Gasteiger partial charge in [0.05, 0.1) is 7.11 Å². The monoisotopic (exact) mass is 417 g/mol. The van der Waals surface area contributed by atoms with Crippen molar-refractivity contribution in [3.05, 3.63) is 71.9 Å². The molecule has 162 valence electrons. The molecule has 1 fully saturated rings. The number of nitrogens with zero attached hydrogens (tertiary/aromatic N) is 3. The lowest BCUT2D eigenvalue weighted by molar-refractivity contribution is 0.128. The molecule has 4 rings (SSSR count). The molecule has 2 aliphatic rings. The summed E-state index contributed by atoms with van der Waals surface area (Å²) in [7, 11) is 1.67. The first-order valence-electron chi connectivity index (χ1n) is 11.2. The Morgan fingerprint density at radius 3 is 2.58 bits per heavy atom. The summed E-state index contributed by atoms with van der Waals surface area (Å²) in [6, 6.07) is 18.7. The van der Waals surface area contributed by atoms with Gasteiger partial charge in [-0.25, -0.2) is 4.79 Å². The van der Waals surface area contributed by atoms with E-state index >= 15 is 0 Å². The van der Waals surface area contributed by atoms with Crippen LogP contribution >= 0.6 is 0 Å². The predicted molar refractivity (Wildman–Crippen MR) is 125 cm³/mol. The molecule has 1 saturated heterocycles. The van der Waals surface area contributed by atoms with Crippen LogP contribution in [0.2, 0.25) is 0 Å². The SMILES string of the molecule is COc1ccc(C2=CN(C(=O)N3CCCCC3Cc3ccccc3)N=C(C)CC2)cc1. The normalized spacial score (nSPS) is 19.4. The van der Waals surface area contributed by atoms with Crippen molar-refractivity contribution in [3.63, 3.8) is 0 Å². The third-order valence-corrected chi connectivity index (χ3v) is 6.16. The van der Waals surface area contributed by atoms with E-state index in [1.807, 2.05) is 48.4 Å². The van der Waals surface area contributed by atoms with Crippen molar-refractivity contribution < 1.29 is 9.53 Å². The molecule has 0 aliphatic carbocycles. The highest BCUT2D eigenvalue weighted by atomic mass is 16.5. The van der Waals surface area contributed by atoms with E-state index in [-0.39, 0.29) is 12.1 Å². The van der Waals surface area contributed by atoms with E-state index < -0.39 is 0 Å². The van der Waals surface area contributed by atoms with Gasteiger partial charge in [-0.1, -0.05) is 42.5 Å². The van der Waals surface area contributed by atoms with Gasteiger partial charge in [-0.05, 0) is 74.3 Å². The number of piperidine rings is 1. The number of hydrogen-bond acceptors (Lipinski definition) is 3. The number of carbonyl (C=O) groups is 1. The van der Waals surface area contributed by atoms with E-state index in [0.717, 1.165) is 67.7 Å². The maximum atomic E-state index is 13.6. The standard InChI is InChI=1S/C26H31N3O2/c1-20-11-12-23(22-13-15-25(31-2)16-14-22)19-29(27-20)26(30)28-17-7-6-10-24(28)18-21-8-4-3-5-9-21/h3-5,8-9,13-16,19,24H,6-7,10-12,17-18H2,1-2H3. The fourth-order valence-corrected chi connectivity index (χ4v) is 4.39. The molecule has 5 nitrogen and oxygen atoms in total. The molecule has 0 spiro atoms. The average molecular weight is 418 g/mol. The fraction of sp³-hybridized carbons (Fsp3) is 0.385. The molecule has 0 bridgehead atoms. The Balaban J connectivity index is 1.57. The van der Waals surface area contributed by atoms with E-state index in [2.05, 4.69) is 29.4 Å². The molecule has 1 unspecified atom stereocenters. The highest BCUT2D eigenvalue weighted by Crippen LogP contribution is 2.28. The summed E-state index contributed by atoms with van der Waals surface area (Å²) < 4.78 is 5.28. The van der Waals surface area contributed by atoms with E-state index in [0.29, 0.717) is 0 Å². The molecule has 1 atom stereocenters. The van der Waals surface area contributed by atoms with Crippen LogP contribution in [-0.4, -0.2) is 41.3 Å². The van der Waals surface area contributed by atoms with Crippen molar-refractivity contribution >= 4 is 17.3 Å². The second kappa shape index (κ2) is 9.82. The Labute approximate surface area is 185 Å². The van der Waals surface area contributed by atoms with Gasteiger partial charge in [0.15, 0.2) is 0 Å². The summed E-state index contributed by atoms with van der Waals surface area (Å²) in [5.74, 6) is 0.829. The van der Waals surface area contributed by atoms with Crippen LogP contribution < -0.4 is 4.74 Å². The number of amides is 2. The molecule has 0 saturated carbocycles. The lowest BCUT2D eigenvalue weighted by atomic mass is 9.96. The van der Waals surface area contributed by atoms with Gasteiger partial charge in [0, 0.05) is 24.5 Å². The molecule has 2 heterocycles. The Morgan fingerprint density at radius 1 is 1.06 bits per heavy atom. The Bertz CT molecular complexity index is 950. The van der Waals surface area contributed by atoms with Crippen LogP contribution in [0.4, 0.5) is 4.79 Å².